The Balaban J connectivity index is 2.06. The fourth-order valence-corrected chi connectivity index (χ4v) is 2.98. The van der Waals surface area contributed by atoms with Crippen LogP contribution in [0.1, 0.15) is 44.2 Å². The molecule has 0 aliphatic carbocycles. The van der Waals surface area contributed by atoms with Crippen LogP contribution in [0.3, 0.4) is 0 Å². The molecule has 20 heavy (non-hydrogen) atoms. The molecule has 2 nitrogen and oxygen atoms in total. The molecule has 1 heterocycles. The van der Waals surface area contributed by atoms with E-state index >= 15 is 0 Å². The zero-order valence-electron chi connectivity index (χ0n) is 11.1. The quantitative estimate of drug-likeness (QED) is 0.854. The predicted molar refractivity (Wildman–Crippen MR) is 74.6 cm³/mol. The van der Waals surface area contributed by atoms with Crippen LogP contribution in [0, 0.1) is 0 Å². The topological polar surface area (TPSA) is 35.2 Å². The van der Waals surface area contributed by atoms with Crippen LogP contribution in [0.25, 0.3) is 0 Å². The number of halogens is 4. The molecule has 2 atom stereocenters. The van der Waals surface area contributed by atoms with Crippen LogP contribution >= 0.6 is 15.9 Å². The highest BCUT2D eigenvalue weighted by atomic mass is 79.9. The van der Waals surface area contributed by atoms with Crippen LogP contribution < -0.4 is 10.5 Å². The summed E-state index contributed by atoms with van der Waals surface area (Å²) >= 11 is 3.37. The van der Waals surface area contributed by atoms with E-state index in [2.05, 4.69) is 15.9 Å². The third kappa shape index (κ3) is 3.88. The van der Waals surface area contributed by atoms with E-state index in [9.17, 15) is 13.2 Å². The Morgan fingerprint density at radius 3 is 2.80 bits per heavy atom. The van der Waals surface area contributed by atoms with Crippen LogP contribution in [-0.4, -0.2) is 11.8 Å². The lowest BCUT2D eigenvalue weighted by Gasteiger charge is -2.39. The third-order valence-electron chi connectivity index (χ3n) is 3.55. The largest absolute Gasteiger partial charge is 0.487 e. The zero-order valence-corrected chi connectivity index (χ0v) is 12.7. The Kier molecular flexibility index (Phi) is 4.35. The summed E-state index contributed by atoms with van der Waals surface area (Å²) < 4.78 is 43.5. The van der Waals surface area contributed by atoms with Gasteiger partial charge < -0.3 is 10.5 Å². The lowest BCUT2D eigenvalue weighted by molar-refractivity contribution is -0.137. The van der Waals surface area contributed by atoms with Crippen LogP contribution in [-0.2, 0) is 0 Å². The molecule has 1 aliphatic heterocycles. The number of hydrogen-bond acceptors (Lipinski definition) is 2. The molecular weight excluding hydrogens is 335 g/mol. The van der Waals surface area contributed by atoms with Crippen LogP contribution in [0.5, 0.6) is 5.75 Å². The molecule has 2 unspecified atom stereocenters. The molecule has 1 aromatic rings. The van der Waals surface area contributed by atoms with Gasteiger partial charge in [0.1, 0.15) is 11.4 Å². The van der Waals surface area contributed by atoms with E-state index < -0.39 is 18.2 Å². The fraction of sp³-hybridized carbons (Fsp3) is 0.571. The molecule has 6 heteroatoms. The number of fused-ring (bicyclic) bond motifs is 1. The Morgan fingerprint density at radius 1 is 1.45 bits per heavy atom. The molecule has 0 spiro atoms. The number of hydrogen-bond donors (Lipinski definition) is 1. The summed E-state index contributed by atoms with van der Waals surface area (Å²) in [6.45, 7) is 1.83. The fourth-order valence-electron chi connectivity index (χ4n) is 2.60. The van der Waals surface area contributed by atoms with Gasteiger partial charge in [0.05, 0.1) is 0 Å². The monoisotopic (exact) mass is 351 g/mol. The molecule has 0 bridgehead atoms. The molecule has 0 radical (unpaired) electrons. The van der Waals surface area contributed by atoms with Crippen molar-refractivity contribution in [2.75, 3.05) is 0 Å². The summed E-state index contributed by atoms with van der Waals surface area (Å²) in [4.78, 5) is 0. The van der Waals surface area contributed by atoms with Crippen molar-refractivity contribution < 1.29 is 17.9 Å². The van der Waals surface area contributed by atoms with Gasteiger partial charge in [-0.05, 0) is 38.0 Å². The van der Waals surface area contributed by atoms with Crippen molar-refractivity contribution in [3.63, 3.8) is 0 Å². The van der Waals surface area contributed by atoms with Crippen molar-refractivity contribution in [2.24, 2.45) is 5.73 Å². The van der Waals surface area contributed by atoms with Crippen molar-refractivity contribution in [2.45, 2.75) is 50.4 Å². The summed E-state index contributed by atoms with van der Waals surface area (Å²) in [5.74, 6) is 0.668. The maximum atomic E-state index is 12.2. The van der Waals surface area contributed by atoms with Crippen LogP contribution in [0.2, 0.25) is 0 Å². The van der Waals surface area contributed by atoms with Gasteiger partial charge >= 0.3 is 6.18 Å². The molecule has 0 amide bonds. The Bertz CT molecular complexity index is 492. The molecule has 0 saturated heterocycles. The number of benzene rings is 1. The number of nitrogens with two attached hydrogens (primary N) is 1. The van der Waals surface area contributed by atoms with E-state index in [-0.39, 0.29) is 12.5 Å². The van der Waals surface area contributed by atoms with Crippen molar-refractivity contribution in [3.05, 3.63) is 28.2 Å². The minimum atomic E-state index is -4.12. The highest BCUT2D eigenvalue weighted by Gasteiger charge is 2.37. The normalized spacial score (nSPS) is 26.0. The molecule has 2 N–H and O–H groups in total. The lowest BCUT2D eigenvalue weighted by Crippen LogP contribution is -2.40. The molecule has 0 fully saturated rings. The van der Waals surface area contributed by atoms with E-state index in [0.29, 0.717) is 18.6 Å². The minimum Gasteiger partial charge on any atom is -0.487 e. The van der Waals surface area contributed by atoms with Crippen molar-refractivity contribution in [1.82, 2.24) is 0 Å². The van der Waals surface area contributed by atoms with Gasteiger partial charge in [0.2, 0.25) is 0 Å². The van der Waals surface area contributed by atoms with Crippen molar-refractivity contribution >= 4 is 15.9 Å². The van der Waals surface area contributed by atoms with E-state index in [1.807, 2.05) is 19.1 Å². The summed E-state index contributed by atoms with van der Waals surface area (Å²) in [5.41, 5.74) is 6.39. The molecule has 112 valence electrons. The van der Waals surface area contributed by atoms with Gasteiger partial charge in [0.15, 0.2) is 0 Å². The second kappa shape index (κ2) is 5.56. The summed E-state index contributed by atoms with van der Waals surface area (Å²) in [7, 11) is 0. The first kappa shape index (κ1) is 15.6. The van der Waals surface area contributed by atoms with E-state index in [4.69, 9.17) is 10.5 Å². The van der Waals surface area contributed by atoms with E-state index in [1.165, 1.54) is 0 Å². The first-order valence-electron chi connectivity index (χ1n) is 6.49. The molecule has 1 aliphatic rings. The van der Waals surface area contributed by atoms with Gasteiger partial charge in [-0.25, -0.2) is 0 Å². The maximum absolute atomic E-state index is 12.2. The highest BCUT2D eigenvalue weighted by Crippen LogP contribution is 2.42. The maximum Gasteiger partial charge on any atom is 0.389 e. The SMILES string of the molecule is CC1(CCCC(F)(F)F)CC(N)c2cc(Br)ccc2O1. The Morgan fingerprint density at radius 2 is 2.15 bits per heavy atom. The Hall–Kier alpha value is -0.750. The van der Waals surface area contributed by atoms with Gasteiger partial charge in [-0.2, -0.15) is 13.2 Å². The first-order valence-corrected chi connectivity index (χ1v) is 7.29. The number of ether oxygens (including phenoxy) is 1. The third-order valence-corrected chi connectivity index (χ3v) is 4.04. The van der Waals surface area contributed by atoms with Gasteiger partial charge in [0, 0.05) is 28.9 Å². The van der Waals surface area contributed by atoms with Crippen LogP contribution in [0.4, 0.5) is 13.2 Å². The van der Waals surface area contributed by atoms with Gasteiger partial charge in [0.25, 0.3) is 0 Å². The highest BCUT2D eigenvalue weighted by molar-refractivity contribution is 9.10. The second-order valence-electron chi connectivity index (χ2n) is 5.51. The van der Waals surface area contributed by atoms with Crippen molar-refractivity contribution in [3.8, 4) is 5.75 Å². The smallest absolute Gasteiger partial charge is 0.389 e. The molecule has 0 saturated carbocycles. The second-order valence-corrected chi connectivity index (χ2v) is 6.43. The summed E-state index contributed by atoms with van der Waals surface area (Å²) in [6.07, 6.45) is -3.98. The van der Waals surface area contributed by atoms with Gasteiger partial charge in [-0.1, -0.05) is 15.9 Å². The lowest BCUT2D eigenvalue weighted by atomic mass is 9.85. The summed E-state index contributed by atoms with van der Waals surface area (Å²) in [5, 5.41) is 0. The predicted octanol–water partition coefficient (Wildman–Crippen LogP) is 4.72. The molecular formula is C14H17BrF3NO. The average Bonchev–Trinajstić information content (AvgIpc) is 2.28. The van der Waals surface area contributed by atoms with Crippen molar-refractivity contribution in [1.29, 1.82) is 0 Å². The first-order chi connectivity index (χ1) is 9.19. The number of rotatable bonds is 3. The van der Waals surface area contributed by atoms with E-state index in [1.54, 1.807) is 6.07 Å². The zero-order chi connectivity index (χ0) is 15.0. The van der Waals surface area contributed by atoms with E-state index in [0.717, 1.165) is 10.0 Å². The summed E-state index contributed by atoms with van der Waals surface area (Å²) in [6, 6.07) is 5.33. The van der Waals surface area contributed by atoms with Gasteiger partial charge in [-0.3, -0.25) is 0 Å². The standard InChI is InChI=1S/C14H17BrF3NO/c1-13(5-2-6-14(16,17)18)8-11(19)10-7-9(15)3-4-12(10)20-13/h3-4,7,11H,2,5-6,8,19H2,1H3. The molecule has 2 rings (SSSR count). The number of alkyl halides is 3. The molecule has 0 aromatic heterocycles. The Labute approximate surface area is 124 Å². The molecule has 1 aromatic carbocycles. The van der Waals surface area contributed by atoms with Crippen LogP contribution in [0.15, 0.2) is 22.7 Å². The minimum absolute atomic E-state index is 0.0541. The van der Waals surface area contributed by atoms with Gasteiger partial charge in [-0.15, -0.1) is 0 Å². The average molecular weight is 352 g/mol.